The minimum Gasteiger partial charge on any atom is -0.458 e. The quantitative estimate of drug-likeness (QED) is 0.129. The van der Waals surface area contributed by atoms with E-state index in [0.29, 0.717) is 0 Å². The zero-order valence-corrected chi connectivity index (χ0v) is 35.9. The van der Waals surface area contributed by atoms with Crippen molar-refractivity contribution in [1.82, 2.24) is 14.1 Å². The molecule has 6 aromatic carbocycles. The molecular formula is C54H50N4O2. The topological polar surface area (TPSA) is 49.0 Å². The van der Waals surface area contributed by atoms with Gasteiger partial charge in [-0.2, -0.15) is 0 Å². The molecule has 0 unspecified atom stereocenters. The maximum absolute atomic E-state index is 6.77. The van der Waals surface area contributed by atoms with E-state index in [9.17, 15) is 0 Å². The van der Waals surface area contributed by atoms with Crippen molar-refractivity contribution in [3.63, 3.8) is 0 Å². The Hall–Kier alpha value is -6.66. The summed E-state index contributed by atoms with van der Waals surface area (Å²) in [6, 6.07) is 47.0. The molecule has 0 fully saturated rings. The van der Waals surface area contributed by atoms with Gasteiger partial charge in [0.1, 0.15) is 22.9 Å². The molecule has 60 heavy (non-hydrogen) atoms. The number of imidazole rings is 1. The number of hydrogen-bond acceptors (Lipinski definition) is 3. The van der Waals surface area contributed by atoms with E-state index >= 15 is 0 Å². The summed E-state index contributed by atoms with van der Waals surface area (Å²) in [6.07, 6.45) is 5.64. The molecule has 6 nitrogen and oxygen atoms in total. The van der Waals surface area contributed by atoms with Gasteiger partial charge in [-0.15, -0.1) is 0 Å². The van der Waals surface area contributed by atoms with E-state index in [1.165, 1.54) is 16.7 Å². The van der Waals surface area contributed by atoms with Crippen molar-refractivity contribution in [2.45, 2.75) is 78.6 Å². The number of hydrogen-bond donors (Lipinski definition) is 0. The van der Waals surface area contributed by atoms with Crippen molar-refractivity contribution in [1.29, 1.82) is 0 Å². The van der Waals surface area contributed by atoms with Gasteiger partial charge in [-0.3, -0.25) is 13.7 Å². The maximum Gasteiger partial charge on any atom is 0.269 e. The highest BCUT2D eigenvalue weighted by Crippen LogP contribution is 2.42. The summed E-state index contributed by atoms with van der Waals surface area (Å²) < 4.78 is 20.0. The van der Waals surface area contributed by atoms with Crippen molar-refractivity contribution in [2.75, 3.05) is 0 Å². The molecule has 0 aliphatic rings. The van der Waals surface area contributed by atoms with Crippen LogP contribution in [0, 0.1) is 6.33 Å². The SMILES string of the molecule is CC(C)(C)c1cc(-[n+]2[c-]n(-c3cccc(Oc4ccc5c6ccc7c8ccccc8oc7c6n(-c6cc(C(C)(C)C)ccn6)c5c4)c3)c3ccccc32)cc(C(C)(C)C)c1. The van der Waals surface area contributed by atoms with Crippen molar-refractivity contribution in [3.8, 4) is 28.7 Å². The number of aromatic nitrogens is 4. The summed E-state index contributed by atoms with van der Waals surface area (Å²) in [5.41, 5.74) is 11.6. The zero-order chi connectivity index (χ0) is 41.7. The molecule has 0 saturated heterocycles. The van der Waals surface area contributed by atoms with E-state index in [2.05, 4.69) is 192 Å². The number of pyridine rings is 1. The van der Waals surface area contributed by atoms with E-state index < -0.39 is 0 Å². The van der Waals surface area contributed by atoms with Gasteiger partial charge in [-0.25, -0.2) is 4.98 Å². The van der Waals surface area contributed by atoms with Crippen LogP contribution in [0.1, 0.15) is 79.0 Å². The molecule has 6 heteroatoms. The monoisotopic (exact) mass is 786 g/mol. The molecule has 0 bridgehead atoms. The van der Waals surface area contributed by atoms with E-state index in [1.54, 1.807) is 0 Å². The first-order valence-corrected chi connectivity index (χ1v) is 20.9. The van der Waals surface area contributed by atoms with E-state index in [0.717, 1.165) is 83.5 Å². The lowest BCUT2D eigenvalue weighted by Crippen LogP contribution is -2.31. The first-order chi connectivity index (χ1) is 28.6. The molecule has 0 spiro atoms. The fourth-order valence-corrected chi connectivity index (χ4v) is 8.44. The third-order valence-electron chi connectivity index (χ3n) is 11.9. The Bertz CT molecular complexity index is 3270. The first-order valence-electron chi connectivity index (χ1n) is 20.9. The van der Waals surface area contributed by atoms with Crippen molar-refractivity contribution < 1.29 is 13.7 Å². The summed E-state index contributed by atoms with van der Waals surface area (Å²) in [7, 11) is 0. The van der Waals surface area contributed by atoms with Gasteiger partial charge >= 0.3 is 0 Å². The Labute approximate surface area is 351 Å². The van der Waals surface area contributed by atoms with Gasteiger partial charge in [0.25, 0.3) is 6.33 Å². The number of fused-ring (bicyclic) bond motifs is 8. The molecule has 0 N–H and O–H groups in total. The van der Waals surface area contributed by atoms with Gasteiger partial charge in [0.05, 0.1) is 33.4 Å². The van der Waals surface area contributed by atoms with E-state index in [-0.39, 0.29) is 16.2 Å². The third-order valence-corrected chi connectivity index (χ3v) is 11.9. The minimum atomic E-state index is -0.0575. The van der Waals surface area contributed by atoms with Crippen molar-refractivity contribution >= 4 is 54.8 Å². The van der Waals surface area contributed by atoms with Gasteiger partial charge in [-0.1, -0.05) is 123 Å². The summed E-state index contributed by atoms with van der Waals surface area (Å²) in [5, 5.41) is 4.37. The van der Waals surface area contributed by atoms with Crippen LogP contribution in [0.3, 0.4) is 0 Å². The third kappa shape index (κ3) is 6.33. The van der Waals surface area contributed by atoms with Crippen LogP contribution in [0.15, 0.2) is 144 Å². The Balaban J connectivity index is 1.10. The molecule has 4 aromatic heterocycles. The highest BCUT2D eigenvalue weighted by molar-refractivity contribution is 6.21. The fourth-order valence-electron chi connectivity index (χ4n) is 8.44. The van der Waals surface area contributed by atoms with Crippen LogP contribution in [-0.4, -0.2) is 14.1 Å². The summed E-state index contributed by atoms with van der Waals surface area (Å²) in [6.45, 7) is 20.4. The molecule has 0 atom stereocenters. The lowest BCUT2D eigenvalue weighted by molar-refractivity contribution is -0.572. The van der Waals surface area contributed by atoms with Gasteiger partial charge in [0.15, 0.2) is 5.58 Å². The average Bonchev–Trinajstić information content (AvgIpc) is 3.90. The second kappa shape index (κ2) is 13.4. The van der Waals surface area contributed by atoms with Crippen LogP contribution in [0.4, 0.5) is 0 Å². The number of nitrogens with zero attached hydrogens (tertiary/aromatic N) is 4. The molecule has 4 heterocycles. The summed E-state index contributed by atoms with van der Waals surface area (Å²) in [5.74, 6) is 2.28. The highest BCUT2D eigenvalue weighted by Gasteiger charge is 2.24. The Kier molecular flexibility index (Phi) is 8.42. The van der Waals surface area contributed by atoms with Crippen molar-refractivity contribution in [3.05, 3.63) is 163 Å². The molecule has 10 rings (SSSR count). The minimum absolute atomic E-state index is 0.00930. The lowest BCUT2D eigenvalue weighted by atomic mass is 9.80. The van der Waals surface area contributed by atoms with Gasteiger partial charge in [0.2, 0.25) is 0 Å². The Morgan fingerprint density at radius 2 is 1.25 bits per heavy atom. The van der Waals surface area contributed by atoms with Gasteiger partial charge in [0, 0.05) is 33.8 Å². The zero-order valence-electron chi connectivity index (χ0n) is 35.9. The predicted octanol–water partition coefficient (Wildman–Crippen LogP) is 13.8. The number of ether oxygens (including phenoxy) is 1. The van der Waals surface area contributed by atoms with Crippen LogP contribution in [0.25, 0.3) is 72.0 Å². The molecule has 0 aliphatic heterocycles. The fraction of sp³-hybridized carbons (Fsp3) is 0.222. The second-order valence-corrected chi connectivity index (χ2v) is 19.2. The van der Waals surface area contributed by atoms with Gasteiger partial charge < -0.3 is 9.15 Å². The smallest absolute Gasteiger partial charge is 0.269 e. The Morgan fingerprint density at radius 1 is 0.567 bits per heavy atom. The van der Waals surface area contributed by atoms with Crippen LogP contribution < -0.4 is 9.30 Å². The maximum atomic E-state index is 6.77. The molecule has 0 aliphatic carbocycles. The number of rotatable bonds is 5. The lowest BCUT2D eigenvalue weighted by Gasteiger charge is -2.26. The van der Waals surface area contributed by atoms with Crippen molar-refractivity contribution in [2.24, 2.45) is 0 Å². The normalized spacial score (nSPS) is 12.8. The largest absolute Gasteiger partial charge is 0.458 e. The van der Waals surface area contributed by atoms with Crippen LogP contribution >= 0.6 is 0 Å². The first kappa shape index (κ1) is 37.6. The standard InChI is InChI=1S/C54H50N4O2/c1-52(2,3)34-25-26-55-49(30-34)58-47-32-40(21-22-41(47)43-23-24-44-42-17-10-13-20-48(42)60-51(44)50(43)58)59-39-16-14-15-37(31-39)56-33-57(46-19-12-11-18-45(46)56)38-28-35(53(4,5)6)27-36(29-38)54(7,8)9/h10-32H,1-9H3. The second-order valence-electron chi connectivity index (χ2n) is 19.2. The molecule has 298 valence electrons. The number of para-hydroxylation sites is 3. The number of benzene rings is 6. The predicted molar refractivity (Wildman–Crippen MR) is 246 cm³/mol. The highest BCUT2D eigenvalue weighted by atomic mass is 16.5. The van der Waals surface area contributed by atoms with Gasteiger partial charge in [-0.05, 0) is 99.7 Å². The summed E-state index contributed by atoms with van der Waals surface area (Å²) in [4.78, 5) is 4.97. The van der Waals surface area contributed by atoms with Crippen LogP contribution in [0.2, 0.25) is 0 Å². The molecule has 0 amide bonds. The van der Waals surface area contributed by atoms with Crippen LogP contribution in [-0.2, 0) is 16.2 Å². The Morgan fingerprint density at radius 3 is 2.02 bits per heavy atom. The molecule has 10 aromatic rings. The number of furan rings is 1. The summed E-state index contributed by atoms with van der Waals surface area (Å²) >= 11 is 0. The molecule has 0 radical (unpaired) electrons. The van der Waals surface area contributed by atoms with E-state index in [1.807, 2.05) is 30.5 Å². The average molecular weight is 787 g/mol. The van der Waals surface area contributed by atoms with Crippen LogP contribution in [0.5, 0.6) is 11.5 Å². The van der Waals surface area contributed by atoms with E-state index in [4.69, 9.17) is 14.1 Å². The molecule has 0 saturated carbocycles. The molecular weight excluding hydrogens is 737 g/mol.